The average Bonchev–Trinajstić information content (AvgIpc) is 2.62. The highest BCUT2D eigenvalue weighted by atomic mass is 31.2. The van der Waals surface area contributed by atoms with Gasteiger partial charge in [0.2, 0.25) is 5.91 Å². The number of benzene rings is 1. The predicted molar refractivity (Wildman–Crippen MR) is 93.7 cm³/mol. The molecule has 138 valence electrons. The molecule has 1 fully saturated rings. The van der Waals surface area contributed by atoms with Crippen LogP contribution in [0.5, 0.6) is 5.75 Å². The van der Waals surface area contributed by atoms with Crippen molar-refractivity contribution in [1.82, 2.24) is 10.4 Å². The highest BCUT2D eigenvalue weighted by Gasteiger charge is 2.28. The summed E-state index contributed by atoms with van der Waals surface area (Å²) in [5.41, 5.74) is 0. The van der Waals surface area contributed by atoms with Gasteiger partial charge in [0, 0.05) is 24.9 Å². The van der Waals surface area contributed by atoms with Gasteiger partial charge >= 0.3 is 0 Å². The van der Waals surface area contributed by atoms with Gasteiger partial charge in [-0.1, -0.05) is 25.1 Å². The van der Waals surface area contributed by atoms with Gasteiger partial charge in [0.05, 0.1) is 13.0 Å². The van der Waals surface area contributed by atoms with Gasteiger partial charge in [0.25, 0.3) is 7.37 Å². The molecule has 25 heavy (non-hydrogen) atoms. The van der Waals surface area contributed by atoms with Crippen molar-refractivity contribution in [2.24, 2.45) is 5.92 Å². The summed E-state index contributed by atoms with van der Waals surface area (Å²) in [7, 11) is -2.95. The van der Waals surface area contributed by atoms with E-state index < -0.39 is 13.3 Å². The molecule has 0 bridgehead atoms. The van der Waals surface area contributed by atoms with E-state index >= 15 is 0 Å². The molecule has 7 nitrogen and oxygen atoms in total. The first kappa shape index (κ1) is 19.6. The van der Waals surface area contributed by atoms with Gasteiger partial charge in [-0.2, -0.15) is 0 Å². The van der Waals surface area contributed by atoms with E-state index in [1.54, 1.807) is 31.2 Å². The fourth-order valence-electron chi connectivity index (χ4n) is 2.68. The Morgan fingerprint density at radius 2 is 1.96 bits per heavy atom. The topological polar surface area (TPSA) is 95.9 Å². The van der Waals surface area contributed by atoms with E-state index in [4.69, 9.17) is 4.52 Å². The van der Waals surface area contributed by atoms with Gasteiger partial charge < -0.3 is 4.52 Å². The Morgan fingerprint density at radius 3 is 2.56 bits per heavy atom. The van der Waals surface area contributed by atoms with Crippen LogP contribution in [0.1, 0.15) is 32.6 Å². The van der Waals surface area contributed by atoms with E-state index in [9.17, 15) is 19.4 Å². The maximum absolute atomic E-state index is 12.7. The molecule has 1 aliphatic rings. The number of hydroxylamine groups is 2. The Hall–Kier alpha value is -1.69. The number of carbonyl (C=O) groups excluding carboxylic acids is 2. The zero-order chi connectivity index (χ0) is 18.3. The summed E-state index contributed by atoms with van der Waals surface area (Å²) in [5, 5.41) is 13.3. The number of hydrogen-bond donors (Lipinski definition) is 2. The number of nitrogens with one attached hydrogen (secondary N) is 1. The number of hydrogen-bond acceptors (Lipinski definition) is 6. The number of carbonyl (C=O) groups is 2. The van der Waals surface area contributed by atoms with Crippen molar-refractivity contribution >= 4 is 19.1 Å². The highest BCUT2D eigenvalue weighted by molar-refractivity contribution is 7.59. The Kier molecular flexibility index (Phi) is 7.17. The Bertz CT molecular complexity index is 627. The second-order valence-corrected chi connectivity index (χ2v) is 8.91. The smallest absolute Gasteiger partial charge is 0.261 e. The molecule has 2 N–H and O–H groups in total. The van der Waals surface area contributed by atoms with Crippen LogP contribution in [0, 0.1) is 5.92 Å². The van der Waals surface area contributed by atoms with Gasteiger partial charge in [-0.25, -0.2) is 5.06 Å². The summed E-state index contributed by atoms with van der Waals surface area (Å²) in [6, 6.07) is 8.90. The summed E-state index contributed by atoms with van der Waals surface area (Å²) in [4.78, 5) is 23.4. The van der Waals surface area contributed by atoms with Crippen LogP contribution in [-0.2, 0) is 14.2 Å². The van der Waals surface area contributed by atoms with Crippen molar-refractivity contribution in [2.75, 3.05) is 19.1 Å². The summed E-state index contributed by atoms with van der Waals surface area (Å²) in [6.45, 7) is 1.64. The van der Waals surface area contributed by atoms with Gasteiger partial charge in [0.1, 0.15) is 11.5 Å². The van der Waals surface area contributed by atoms with Crippen molar-refractivity contribution < 1.29 is 23.9 Å². The number of amides is 1. The largest absolute Gasteiger partial charge is 0.442 e. The quantitative estimate of drug-likeness (QED) is 0.317. The van der Waals surface area contributed by atoms with Crippen LogP contribution >= 0.6 is 7.37 Å². The molecule has 2 rings (SSSR count). The highest BCUT2D eigenvalue weighted by Crippen LogP contribution is 2.45. The van der Waals surface area contributed by atoms with E-state index in [0.717, 1.165) is 0 Å². The fourth-order valence-corrected chi connectivity index (χ4v) is 4.05. The first-order valence-corrected chi connectivity index (χ1v) is 10.5. The Balaban J connectivity index is 1.80. The van der Waals surface area contributed by atoms with Gasteiger partial charge in [-0.05, 0) is 25.0 Å². The van der Waals surface area contributed by atoms with E-state index in [1.807, 2.05) is 6.07 Å². The zero-order valence-corrected chi connectivity index (χ0v) is 15.3. The molecule has 0 aliphatic heterocycles. The lowest BCUT2D eigenvalue weighted by atomic mass is 9.88. The minimum absolute atomic E-state index is 0.0475. The number of ketones is 1. The molecule has 0 heterocycles. The van der Waals surface area contributed by atoms with Crippen LogP contribution < -0.4 is 9.84 Å². The van der Waals surface area contributed by atoms with E-state index in [2.05, 4.69) is 5.32 Å². The number of para-hydroxylation sites is 1. The maximum Gasteiger partial charge on any atom is 0.261 e. The summed E-state index contributed by atoms with van der Waals surface area (Å²) in [5.74, 6) is -0.0507. The molecule has 1 atom stereocenters. The third-order valence-electron chi connectivity index (χ3n) is 4.26. The van der Waals surface area contributed by atoms with Crippen molar-refractivity contribution in [3.63, 3.8) is 0 Å². The van der Waals surface area contributed by atoms with Crippen molar-refractivity contribution in [3.8, 4) is 5.75 Å². The molecule has 8 heteroatoms. The number of rotatable bonds is 8. The summed E-state index contributed by atoms with van der Waals surface area (Å²) < 4.78 is 18.3. The third-order valence-corrected chi connectivity index (χ3v) is 6.47. The molecular weight excluding hydrogens is 343 g/mol. The minimum atomic E-state index is -2.95. The van der Waals surface area contributed by atoms with Crippen LogP contribution in [0.25, 0.3) is 0 Å². The van der Waals surface area contributed by atoms with Crippen LogP contribution in [0.2, 0.25) is 0 Å². The molecule has 0 saturated heterocycles. The number of nitrogens with zero attached hydrogens (tertiary/aromatic N) is 1. The van der Waals surface area contributed by atoms with Crippen LogP contribution in [0.4, 0.5) is 0 Å². The Morgan fingerprint density at radius 1 is 1.32 bits per heavy atom. The van der Waals surface area contributed by atoms with Crippen molar-refractivity contribution in [2.45, 2.75) is 32.6 Å². The van der Waals surface area contributed by atoms with E-state index in [1.165, 1.54) is 0 Å². The lowest BCUT2D eigenvalue weighted by molar-refractivity contribution is -0.172. The normalized spacial score (nSPS) is 17.8. The molecule has 0 radical (unpaired) electrons. The van der Waals surface area contributed by atoms with Crippen LogP contribution in [-0.4, -0.2) is 41.1 Å². The minimum Gasteiger partial charge on any atom is -0.442 e. The van der Waals surface area contributed by atoms with Crippen LogP contribution in [0.3, 0.4) is 0 Å². The monoisotopic (exact) mass is 368 g/mol. The third kappa shape index (κ3) is 5.96. The van der Waals surface area contributed by atoms with Gasteiger partial charge in [-0.3, -0.25) is 24.7 Å². The molecule has 1 aromatic carbocycles. The molecular formula is C17H25N2O5P. The van der Waals surface area contributed by atoms with Crippen LogP contribution in [0.15, 0.2) is 30.3 Å². The second kappa shape index (κ2) is 9.13. The van der Waals surface area contributed by atoms with Gasteiger partial charge in [-0.15, -0.1) is 0 Å². The fraction of sp³-hybridized carbons (Fsp3) is 0.529. The molecule has 1 aromatic rings. The number of Topliss-reactive ketones (excluding diaryl/α,β-unsaturated/α-hetero) is 1. The molecule has 1 unspecified atom stereocenters. The SMILES string of the molecule is CCP(=O)(CNCN(O)C(=O)C1CCC(=O)CC1)Oc1ccccc1. The zero-order valence-electron chi connectivity index (χ0n) is 14.4. The molecule has 1 aliphatic carbocycles. The first-order valence-electron chi connectivity index (χ1n) is 8.49. The average molecular weight is 368 g/mol. The van der Waals surface area contributed by atoms with E-state index in [0.29, 0.717) is 42.7 Å². The molecule has 1 saturated carbocycles. The molecule has 0 aromatic heterocycles. The van der Waals surface area contributed by atoms with Gasteiger partial charge in [0.15, 0.2) is 0 Å². The lowest BCUT2D eigenvalue weighted by Gasteiger charge is -2.25. The van der Waals surface area contributed by atoms with Crippen molar-refractivity contribution in [1.29, 1.82) is 0 Å². The summed E-state index contributed by atoms with van der Waals surface area (Å²) >= 11 is 0. The Labute approximate surface area is 147 Å². The van der Waals surface area contributed by atoms with Crippen molar-refractivity contribution in [3.05, 3.63) is 30.3 Å². The second-order valence-electron chi connectivity index (χ2n) is 6.15. The maximum atomic E-state index is 12.7. The molecule has 1 amide bonds. The predicted octanol–water partition coefficient (Wildman–Crippen LogP) is 2.85. The first-order chi connectivity index (χ1) is 11.9. The summed E-state index contributed by atoms with van der Waals surface area (Å²) in [6.07, 6.45) is 2.09. The molecule has 0 spiro atoms. The standard InChI is InChI=1S/C17H25N2O5P/c1-2-25(23,24-16-6-4-3-5-7-16)13-18-12-19(22)17(21)14-8-10-15(20)11-9-14/h3-7,14,18,22H,2,8-13H2,1H3. The van der Waals surface area contributed by atoms with E-state index in [-0.39, 0.29) is 24.7 Å². The lowest BCUT2D eigenvalue weighted by Crippen LogP contribution is -2.41.